The third-order valence-corrected chi connectivity index (χ3v) is 5.24. The van der Waals surface area contributed by atoms with E-state index in [0.29, 0.717) is 12.0 Å². The molecule has 26 heavy (non-hydrogen) atoms. The average molecular weight is 380 g/mol. The van der Waals surface area contributed by atoms with Gasteiger partial charge in [0, 0.05) is 12.3 Å². The molecule has 2 bridgehead atoms. The van der Waals surface area contributed by atoms with Crippen LogP contribution in [-0.2, 0) is 28.6 Å². The van der Waals surface area contributed by atoms with Crippen LogP contribution in [0.5, 0.6) is 0 Å². The lowest BCUT2D eigenvalue weighted by atomic mass is 9.75. The van der Waals surface area contributed by atoms with Gasteiger partial charge in [-0.25, -0.2) is 9.59 Å². The molecule has 1 saturated heterocycles. The summed E-state index contributed by atoms with van der Waals surface area (Å²) in [7, 11) is -3.86. The first-order chi connectivity index (χ1) is 12.2. The summed E-state index contributed by atoms with van der Waals surface area (Å²) in [6.07, 6.45) is 1.62. The molecule has 8 heteroatoms. The molecule has 0 spiro atoms. The number of fused-ring (bicyclic) bond motifs is 2. The van der Waals surface area contributed by atoms with Crippen LogP contribution >= 0.6 is 0 Å². The van der Waals surface area contributed by atoms with Gasteiger partial charge in [0.2, 0.25) is 0 Å². The van der Waals surface area contributed by atoms with Gasteiger partial charge in [-0.3, -0.25) is 4.18 Å². The highest BCUT2D eigenvalue weighted by atomic mass is 32.2. The Morgan fingerprint density at radius 3 is 2.65 bits per heavy atom. The zero-order valence-corrected chi connectivity index (χ0v) is 15.1. The quantitative estimate of drug-likeness (QED) is 0.422. The molecule has 140 valence electrons. The highest BCUT2D eigenvalue weighted by Gasteiger charge is 2.61. The Labute approximate surface area is 152 Å². The van der Waals surface area contributed by atoms with Crippen LogP contribution in [0.1, 0.15) is 29.6 Å². The molecular formula is C18H20O7S. The van der Waals surface area contributed by atoms with Crippen LogP contribution in [0.4, 0.5) is 0 Å². The number of carbonyl (C=O) groups is 2. The Morgan fingerprint density at radius 2 is 2.04 bits per heavy atom. The summed E-state index contributed by atoms with van der Waals surface area (Å²) in [5.41, 5.74) is -1.17. The van der Waals surface area contributed by atoms with Gasteiger partial charge in [-0.2, -0.15) is 8.42 Å². The van der Waals surface area contributed by atoms with E-state index in [-0.39, 0.29) is 18.8 Å². The van der Waals surface area contributed by atoms with Gasteiger partial charge in [-0.1, -0.05) is 24.3 Å². The largest absolute Gasteiger partial charge is 0.456 e. The maximum absolute atomic E-state index is 12.4. The standard InChI is InChI=1S/C18H20O7S/c1-3-7-13-10-18(25-26(2,21)22)11-14(23-17(18)20)15(13)24-16(19)12-8-5-4-6-9-12/h3-6,8-9,13-15H,1,7,10-11H2,2H3/t13-,14+,15?,18-/m0/s1. The molecule has 1 aliphatic heterocycles. The molecular weight excluding hydrogens is 360 g/mol. The molecule has 0 radical (unpaired) electrons. The van der Waals surface area contributed by atoms with Crippen molar-refractivity contribution >= 4 is 22.1 Å². The second-order valence-corrected chi connectivity index (χ2v) is 8.23. The van der Waals surface area contributed by atoms with Crippen molar-refractivity contribution < 1.29 is 31.7 Å². The van der Waals surface area contributed by atoms with E-state index in [1.165, 1.54) is 0 Å². The van der Waals surface area contributed by atoms with E-state index in [1.807, 2.05) is 0 Å². The van der Waals surface area contributed by atoms with E-state index >= 15 is 0 Å². The topological polar surface area (TPSA) is 96.0 Å². The maximum atomic E-state index is 12.4. The van der Waals surface area contributed by atoms with E-state index in [4.69, 9.17) is 13.7 Å². The molecule has 7 nitrogen and oxygen atoms in total. The first kappa shape index (κ1) is 18.6. The van der Waals surface area contributed by atoms with Crippen molar-refractivity contribution in [3.63, 3.8) is 0 Å². The summed E-state index contributed by atoms with van der Waals surface area (Å²) in [5, 5.41) is 0. The van der Waals surface area contributed by atoms with Crippen LogP contribution in [0, 0.1) is 5.92 Å². The van der Waals surface area contributed by atoms with Crippen molar-refractivity contribution in [1.29, 1.82) is 0 Å². The molecule has 1 aromatic rings. The fourth-order valence-corrected chi connectivity index (χ4v) is 4.43. The molecule has 4 atom stereocenters. The zero-order chi connectivity index (χ0) is 18.9. The lowest BCUT2D eigenvalue weighted by Gasteiger charge is -2.37. The molecule has 1 aromatic carbocycles. The lowest BCUT2D eigenvalue weighted by molar-refractivity contribution is -0.152. The van der Waals surface area contributed by atoms with E-state index < -0.39 is 39.9 Å². The molecule has 1 heterocycles. The fraction of sp³-hybridized carbons (Fsp3) is 0.444. The van der Waals surface area contributed by atoms with Gasteiger partial charge in [0.05, 0.1) is 11.8 Å². The second kappa shape index (κ2) is 6.85. The van der Waals surface area contributed by atoms with Crippen LogP contribution in [0.2, 0.25) is 0 Å². The van der Waals surface area contributed by atoms with Gasteiger partial charge in [0.1, 0.15) is 12.2 Å². The molecule has 0 amide bonds. The summed E-state index contributed by atoms with van der Waals surface area (Å²) in [4.78, 5) is 24.7. The molecule has 2 aliphatic rings. The van der Waals surface area contributed by atoms with Gasteiger partial charge in [-0.15, -0.1) is 6.58 Å². The van der Waals surface area contributed by atoms with Crippen LogP contribution in [0.25, 0.3) is 0 Å². The number of rotatable bonds is 6. The van der Waals surface area contributed by atoms with Crippen molar-refractivity contribution in [2.24, 2.45) is 5.92 Å². The van der Waals surface area contributed by atoms with Gasteiger partial charge >= 0.3 is 11.9 Å². The average Bonchev–Trinajstić information content (AvgIpc) is 2.82. The zero-order valence-electron chi connectivity index (χ0n) is 14.3. The van der Waals surface area contributed by atoms with E-state index in [2.05, 4.69) is 6.58 Å². The van der Waals surface area contributed by atoms with Gasteiger partial charge < -0.3 is 9.47 Å². The minimum Gasteiger partial charge on any atom is -0.456 e. The van der Waals surface area contributed by atoms with Crippen LogP contribution in [0.3, 0.4) is 0 Å². The molecule has 0 N–H and O–H groups in total. The maximum Gasteiger partial charge on any atom is 0.340 e. The summed E-state index contributed by atoms with van der Waals surface area (Å²) >= 11 is 0. The SMILES string of the molecule is C=CC[C@H]1C[C@]2(OS(C)(=O)=O)C[C@@H](OC2=O)C1OC(=O)c1ccccc1. The highest BCUT2D eigenvalue weighted by Crippen LogP contribution is 2.46. The number of benzene rings is 1. The smallest absolute Gasteiger partial charge is 0.340 e. The molecule has 3 rings (SSSR count). The third-order valence-electron chi connectivity index (χ3n) is 4.62. The van der Waals surface area contributed by atoms with Crippen molar-refractivity contribution in [3.8, 4) is 0 Å². The molecule has 1 unspecified atom stereocenters. The van der Waals surface area contributed by atoms with E-state index in [1.54, 1.807) is 36.4 Å². The van der Waals surface area contributed by atoms with Crippen molar-refractivity contribution in [3.05, 3.63) is 48.6 Å². The summed E-state index contributed by atoms with van der Waals surface area (Å²) < 4.78 is 39.3. The highest BCUT2D eigenvalue weighted by molar-refractivity contribution is 7.86. The predicted octanol–water partition coefficient (Wildman–Crippen LogP) is 1.84. The first-order valence-corrected chi connectivity index (χ1v) is 10.0. The van der Waals surface area contributed by atoms with Gasteiger partial charge in [-0.05, 0) is 25.0 Å². The number of hydrogen-bond acceptors (Lipinski definition) is 7. The fourth-order valence-electron chi connectivity index (χ4n) is 3.65. The number of carbonyl (C=O) groups excluding carboxylic acids is 2. The van der Waals surface area contributed by atoms with Crippen LogP contribution in [0.15, 0.2) is 43.0 Å². The Hall–Kier alpha value is -2.19. The summed E-state index contributed by atoms with van der Waals surface area (Å²) in [5.74, 6) is -1.60. The first-order valence-electron chi connectivity index (χ1n) is 8.23. The second-order valence-electron chi connectivity index (χ2n) is 6.65. The summed E-state index contributed by atoms with van der Waals surface area (Å²) in [6.45, 7) is 3.69. The minimum atomic E-state index is -3.86. The Bertz CT molecular complexity index is 817. The Balaban J connectivity index is 1.85. The van der Waals surface area contributed by atoms with Crippen LogP contribution < -0.4 is 0 Å². The number of hydrogen-bond donors (Lipinski definition) is 0. The van der Waals surface area contributed by atoms with Crippen molar-refractivity contribution in [1.82, 2.24) is 0 Å². The number of esters is 2. The lowest BCUT2D eigenvalue weighted by Crippen LogP contribution is -2.49. The molecule has 1 aliphatic carbocycles. The van der Waals surface area contributed by atoms with Crippen molar-refractivity contribution in [2.75, 3.05) is 6.26 Å². The molecule has 2 fully saturated rings. The number of ether oxygens (including phenoxy) is 2. The number of allylic oxidation sites excluding steroid dienone is 1. The van der Waals surface area contributed by atoms with Crippen LogP contribution in [-0.4, -0.2) is 44.4 Å². The molecule has 0 aromatic heterocycles. The van der Waals surface area contributed by atoms with E-state index in [9.17, 15) is 18.0 Å². The normalized spacial score (nSPS) is 30.5. The minimum absolute atomic E-state index is 0.0271. The molecule has 1 saturated carbocycles. The third kappa shape index (κ3) is 3.66. The van der Waals surface area contributed by atoms with E-state index in [0.717, 1.165) is 6.26 Å². The Morgan fingerprint density at radius 1 is 1.35 bits per heavy atom. The monoisotopic (exact) mass is 380 g/mol. The predicted molar refractivity (Wildman–Crippen MR) is 91.7 cm³/mol. The van der Waals surface area contributed by atoms with Crippen molar-refractivity contribution in [2.45, 2.75) is 37.1 Å². The van der Waals surface area contributed by atoms with Gasteiger partial charge in [0.15, 0.2) is 5.60 Å². The summed E-state index contributed by atoms with van der Waals surface area (Å²) in [6, 6.07) is 8.49. The Kier molecular flexibility index (Phi) is 4.90. The van der Waals surface area contributed by atoms with Gasteiger partial charge in [0.25, 0.3) is 10.1 Å².